The van der Waals surface area contributed by atoms with Crippen molar-refractivity contribution in [2.45, 2.75) is 19.4 Å². The summed E-state index contributed by atoms with van der Waals surface area (Å²) in [7, 11) is -3.94. The molecular weight excluding hydrogens is 154 g/mol. The highest BCUT2D eigenvalue weighted by atomic mass is 32.2. The summed E-state index contributed by atoms with van der Waals surface area (Å²) >= 11 is 0. The Labute approximate surface area is 60.6 Å². The van der Waals surface area contributed by atoms with Gasteiger partial charge < -0.3 is 0 Å². The molecule has 0 unspecified atom stereocenters. The number of terminal acetylenes is 1. The van der Waals surface area contributed by atoms with Crippen molar-refractivity contribution in [1.82, 2.24) is 0 Å². The second-order valence-corrected chi connectivity index (χ2v) is 3.38. The van der Waals surface area contributed by atoms with Crippen LogP contribution in [0.4, 0.5) is 0 Å². The van der Waals surface area contributed by atoms with Crippen LogP contribution >= 0.6 is 0 Å². The van der Waals surface area contributed by atoms with E-state index in [9.17, 15) is 8.42 Å². The fraction of sp³-hybridized carbons (Fsp3) is 0.600. The molecule has 0 aliphatic rings. The molecule has 0 bridgehead atoms. The minimum absolute atomic E-state index is 1.16. The molecule has 0 spiro atoms. The Morgan fingerprint density at radius 2 is 2.00 bits per heavy atom. The lowest BCUT2D eigenvalue weighted by molar-refractivity contribution is 0.181. The summed E-state index contributed by atoms with van der Waals surface area (Å²) in [5.74, 6) is 2.12. The molecule has 0 heterocycles. The fourth-order valence-corrected chi connectivity index (χ4v) is 0.943. The highest BCUT2D eigenvalue weighted by Crippen LogP contribution is 2.08. The molecule has 0 aliphatic carbocycles. The zero-order valence-corrected chi connectivity index (χ0v) is 6.60. The van der Waals surface area contributed by atoms with Gasteiger partial charge in [0.1, 0.15) is 5.60 Å². The lowest BCUT2D eigenvalue weighted by atomic mass is 10.2. The predicted molar refractivity (Wildman–Crippen MR) is 37.1 cm³/mol. The smallest absolute Gasteiger partial charge is 0.239 e. The van der Waals surface area contributed by atoms with Crippen molar-refractivity contribution in [2.75, 3.05) is 0 Å². The summed E-state index contributed by atoms with van der Waals surface area (Å²) < 4.78 is 24.8. The standard InChI is InChI=1S/C5H9NO3S/c1-4-5(2,3)9-10(6,7)8/h1H,2-3H3,(H2,6,7,8). The van der Waals surface area contributed by atoms with Crippen molar-refractivity contribution < 1.29 is 12.6 Å². The van der Waals surface area contributed by atoms with Gasteiger partial charge in [-0.3, -0.25) is 0 Å². The Morgan fingerprint density at radius 3 is 2.10 bits per heavy atom. The van der Waals surface area contributed by atoms with Crippen molar-refractivity contribution >= 4 is 10.3 Å². The van der Waals surface area contributed by atoms with Crippen LogP contribution < -0.4 is 5.14 Å². The van der Waals surface area contributed by atoms with Crippen molar-refractivity contribution in [3.8, 4) is 12.3 Å². The first kappa shape index (κ1) is 9.43. The molecule has 0 aromatic heterocycles. The molecule has 0 radical (unpaired) electrons. The molecule has 0 aromatic carbocycles. The van der Waals surface area contributed by atoms with Gasteiger partial charge in [0.05, 0.1) is 0 Å². The van der Waals surface area contributed by atoms with Crippen LogP contribution in [0.1, 0.15) is 13.8 Å². The average Bonchev–Trinajstić information content (AvgIpc) is 1.60. The number of hydrogen-bond donors (Lipinski definition) is 1. The molecule has 0 saturated heterocycles. The number of hydrogen-bond acceptors (Lipinski definition) is 3. The molecule has 0 saturated carbocycles. The Bertz CT molecular complexity index is 247. The molecule has 0 rings (SSSR count). The SMILES string of the molecule is C#CC(C)(C)OS(N)(=O)=O. The van der Waals surface area contributed by atoms with Gasteiger partial charge in [-0.25, -0.2) is 9.32 Å². The Kier molecular flexibility index (Phi) is 2.43. The highest BCUT2D eigenvalue weighted by molar-refractivity contribution is 7.84. The first-order valence-electron chi connectivity index (χ1n) is 2.48. The first-order chi connectivity index (χ1) is 4.27. The summed E-state index contributed by atoms with van der Waals surface area (Å²) in [5, 5.41) is 4.55. The third kappa shape index (κ3) is 4.32. The van der Waals surface area contributed by atoms with Gasteiger partial charge in [0.2, 0.25) is 0 Å². The van der Waals surface area contributed by atoms with E-state index in [-0.39, 0.29) is 0 Å². The normalized spacial score (nSPS) is 12.6. The van der Waals surface area contributed by atoms with Gasteiger partial charge in [0, 0.05) is 0 Å². The van der Waals surface area contributed by atoms with E-state index in [4.69, 9.17) is 6.42 Å². The molecule has 0 aromatic rings. The highest BCUT2D eigenvalue weighted by Gasteiger charge is 2.20. The minimum atomic E-state index is -3.94. The van der Waals surface area contributed by atoms with Crippen LogP contribution in [0.5, 0.6) is 0 Å². The van der Waals surface area contributed by atoms with Gasteiger partial charge in [-0.05, 0) is 13.8 Å². The quantitative estimate of drug-likeness (QED) is 0.564. The summed E-state index contributed by atoms with van der Waals surface area (Å²) in [5.41, 5.74) is -1.16. The molecule has 10 heavy (non-hydrogen) atoms. The van der Waals surface area contributed by atoms with E-state index in [2.05, 4.69) is 15.2 Å². The van der Waals surface area contributed by atoms with E-state index in [0.29, 0.717) is 0 Å². The largest absolute Gasteiger partial charge is 0.334 e. The Hall–Kier alpha value is -0.570. The Morgan fingerprint density at radius 1 is 1.60 bits per heavy atom. The number of rotatable bonds is 2. The van der Waals surface area contributed by atoms with Crippen LogP contribution in [0.15, 0.2) is 0 Å². The third-order valence-electron chi connectivity index (χ3n) is 0.672. The summed E-state index contributed by atoms with van der Waals surface area (Å²) in [6.45, 7) is 2.86. The average molecular weight is 163 g/mol. The van der Waals surface area contributed by atoms with Crippen LogP contribution in [0.2, 0.25) is 0 Å². The zero-order valence-electron chi connectivity index (χ0n) is 5.79. The van der Waals surface area contributed by atoms with E-state index >= 15 is 0 Å². The summed E-state index contributed by atoms with van der Waals surface area (Å²) in [6, 6.07) is 0. The van der Waals surface area contributed by atoms with Crippen molar-refractivity contribution in [3.05, 3.63) is 0 Å². The molecule has 0 atom stereocenters. The van der Waals surface area contributed by atoms with Gasteiger partial charge in [0.15, 0.2) is 0 Å². The zero-order chi connectivity index (χ0) is 8.41. The third-order valence-corrected chi connectivity index (χ3v) is 1.32. The molecule has 0 aliphatic heterocycles. The van der Waals surface area contributed by atoms with Crippen LogP contribution in [-0.4, -0.2) is 14.0 Å². The van der Waals surface area contributed by atoms with Gasteiger partial charge >= 0.3 is 10.3 Å². The fourth-order valence-electron chi connectivity index (χ4n) is 0.314. The van der Waals surface area contributed by atoms with Crippen molar-refractivity contribution in [2.24, 2.45) is 5.14 Å². The topological polar surface area (TPSA) is 69.4 Å². The van der Waals surface area contributed by atoms with Crippen molar-refractivity contribution in [3.63, 3.8) is 0 Å². The van der Waals surface area contributed by atoms with Crippen LogP contribution in [0.3, 0.4) is 0 Å². The second kappa shape index (κ2) is 2.58. The molecule has 4 nitrogen and oxygen atoms in total. The van der Waals surface area contributed by atoms with E-state index in [1.54, 1.807) is 0 Å². The molecule has 0 fully saturated rings. The minimum Gasteiger partial charge on any atom is -0.239 e. The van der Waals surface area contributed by atoms with Crippen molar-refractivity contribution in [1.29, 1.82) is 0 Å². The monoisotopic (exact) mass is 163 g/mol. The Balaban J connectivity index is 4.35. The van der Waals surface area contributed by atoms with Crippen LogP contribution in [0.25, 0.3) is 0 Å². The summed E-state index contributed by atoms with van der Waals surface area (Å²) in [4.78, 5) is 0. The lowest BCUT2D eigenvalue weighted by Crippen LogP contribution is -2.30. The number of nitrogens with two attached hydrogens (primary N) is 1. The predicted octanol–water partition coefficient (Wildman–Crippen LogP) is -0.382. The lowest BCUT2D eigenvalue weighted by Gasteiger charge is -2.14. The maximum absolute atomic E-state index is 10.3. The first-order valence-corrected chi connectivity index (χ1v) is 3.95. The maximum atomic E-state index is 10.3. The van der Waals surface area contributed by atoms with Crippen LogP contribution in [0, 0.1) is 12.3 Å². The van der Waals surface area contributed by atoms with Crippen LogP contribution in [-0.2, 0) is 14.5 Å². The van der Waals surface area contributed by atoms with E-state index in [0.717, 1.165) is 0 Å². The molecule has 2 N–H and O–H groups in total. The molecule has 58 valence electrons. The van der Waals surface area contributed by atoms with Gasteiger partial charge in [-0.15, -0.1) is 6.42 Å². The van der Waals surface area contributed by atoms with E-state index < -0.39 is 15.9 Å². The summed E-state index contributed by atoms with van der Waals surface area (Å²) in [6.07, 6.45) is 4.92. The maximum Gasteiger partial charge on any atom is 0.334 e. The van der Waals surface area contributed by atoms with Gasteiger partial charge in [-0.2, -0.15) is 8.42 Å². The molecular formula is C5H9NO3S. The van der Waals surface area contributed by atoms with E-state index in [1.165, 1.54) is 13.8 Å². The molecule has 5 heteroatoms. The van der Waals surface area contributed by atoms with E-state index in [1.807, 2.05) is 0 Å². The van der Waals surface area contributed by atoms with Gasteiger partial charge in [-0.1, -0.05) is 5.92 Å². The molecule has 0 amide bonds. The second-order valence-electron chi connectivity index (χ2n) is 2.23. The van der Waals surface area contributed by atoms with Gasteiger partial charge in [0.25, 0.3) is 0 Å².